The first-order valence-electron chi connectivity index (χ1n) is 10.5. The third kappa shape index (κ3) is 6.57. The molecule has 0 aliphatic carbocycles. The van der Waals surface area contributed by atoms with E-state index >= 15 is 0 Å². The van der Waals surface area contributed by atoms with E-state index in [1.165, 1.54) is 23.1 Å². The number of carbonyl (C=O) groups excluding carboxylic acids is 3. The maximum absolute atomic E-state index is 14.2. The molecule has 0 saturated carbocycles. The molecule has 8 nitrogen and oxygen atoms in total. The molecule has 12 heteroatoms. The summed E-state index contributed by atoms with van der Waals surface area (Å²) in [6.07, 6.45) is -0.231. The zero-order valence-corrected chi connectivity index (χ0v) is 21.1. The summed E-state index contributed by atoms with van der Waals surface area (Å²) in [4.78, 5) is 47.7. The number of thiol groups is 1. The Morgan fingerprint density at radius 3 is 2.88 bits per heavy atom. The highest BCUT2D eigenvalue weighted by Gasteiger charge is 2.41. The summed E-state index contributed by atoms with van der Waals surface area (Å²) in [6.45, 7) is 5.42. The topological polar surface area (TPSA) is 110 Å². The zero-order chi connectivity index (χ0) is 24.2. The molecule has 0 spiro atoms. The van der Waals surface area contributed by atoms with Gasteiger partial charge in [0.1, 0.15) is 39.3 Å². The van der Waals surface area contributed by atoms with Gasteiger partial charge in [-0.3, -0.25) is 14.6 Å². The van der Waals surface area contributed by atoms with Crippen molar-refractivity contribution in [3.63, 3.8) is 0 Å². The van der Waals surface area contributed by atoms with Crippen LogP contribution in [0.2, 0.25) is 0 Å². The first-order valence-corrected chi connectivity index (χ1v) is 13.0. The molecule has 4 bridgehead atoms. The van der Waals surface area contributed by atoms with Crippen molar-refractivity contribution >= 4 is 58.6 Å². The van der Waals surface area contributed by atoms with Crippen LogP contribution < -0.4 is 10.6 Å². The van der Waals surface area contributed by atoms with E-state index in [0.29, 0.717) is 21.5 Å². The van der Waals surface area contributed by atoms with Crippen molar-refractivity contribution in [2.75, 3.05) is 11.5 Å². The van der Waals surface area contributed by atoms with Gasteiger partial charge in [0.2, 0.25) is 11.8 Å². The number of halogens is 1. The molecule has 3 rings (SSSR count). The van der Waals surface area contributed by atoms with Gasteiger partial charge in [0, 0.05) is 17.6 Å². The number of cyclic esters (lactones) is 1. The lowest BCUT2D eigenvalue weighted by molar-refractivity contribution is -0.153. The predicted octanol–water partition coefficient (Wildman–Crippen LogP) is 2.64. The smallest absolute Gasteiger partial charge is 0.329 e. The fourth-order valence-corrected chi connectivity index (χ4v) is 5.35. The molecule has 2 aliphatic rings. The average molecular weight is 515 g/mol. The number of rotatable bonds is 4. The van der Waals surface area contributed by atoms with Crippen LogP contribution in [0.4, 0.5) is 4.39 Å². The number of ether oxygens (including phenoxy) is 1. The van der Waals surface area contributed by atoms with Crippen molar-refractivity contribution in [1.82, 2.24) is 15.6 Å². The van der Waals surface area contributed by atoms with Gasteiger partial charge in [0.15, 0.2) is 0 Å². The van der Waals surface area contributed by atoms with Gasteiger partial charge in [0.25, 0.3) is 0 Å². The molecule has 180 valence electrons. The van der Waals surface area contributed by atoms with Gasteiger partial charge < -0.3 is 15.4 Å². The summed E-state index contributed by atoms with van der Waals surface area (Å²) < 4.78 is 19.7. The van der Waals surface area contributed by atoms with Crippen molar-refractivity contribution in [3.8, 4) is 0 Å². The van der Waals surface area contributed by atoms with E-state index in [2.05, 4.69) is 33.2 Å². The fourth-order valence-electron chi connectivity index (χ4n) is 3.21. The maximum atomic E-state index is 14.2. The summed E-state index contributed by atoms with van der Waals surface area (Å²) in [7, 11) is 0. The standard InChI is InChI=1S/C21H27FN4O4S3/c1-11(2)17-19(28)30-13(6-12(22)4-5-31)7-15(27)23-8-16-24-14(9-32-16)18-26-21(3,10-33-18)20(29)25-17/h6,9,11,13,17,31H,4-5,7-8,10H2,1-3H3,(H,23,27)(H,25,29)/b12-6-/t13-,17+,21+/m1/s1. The summed E-state index contributed by atoms with van der Waals surface area (Å²) in [6, 6.07) is -0.982. The molecule has 2 N–H and O–H groups in total. The van der Waals surface area contributed by atoms with E-state index in [0.717, 1.165) is 6.08 Å². The monoisotopic (exact) mass is 514 g/mol. The number of amides is 2. The number of carbonyl (C=O) groups is 3. The Hall–Kier alpha value is -1.92. The second-order valence-electron chi connectivity index (χ2n) is 8.34. The van der Waals surface area contributed by atoms with E-state index in [4.69, 9.17) is 4.74 Å². The van der Waals surface area contributed by atoms with Crippen molar-refractivity contribution in [2.45, 2.75) is 57.8 Å². The Morgan fingerprint density at radius 2 is 2.18 bits per heavy atom. The number of hydrogen-bond acceptors (Lipinski definition) is 9. The molecule has 0 fully saturated rings. The average Bonchev–Trinajstić information content (AvgIpc) is 3.37. The number of hydrogen-bond donors (Lipinski definition) is 3. The molecule has 3 heterocycles. The lowest BCUT2D eigenvalue weighted by Gasteiger charge is -2.27. The minimum Gasteiger partial charge on any atom is -0.456 e. The second-order valence-corrected chi connectivity index (χ2v) is 10.7. The number of thiazole rings is 1. The highest BCUT2D eigenvalue weighted by Crippen LogP contribution is 2.32. The molecule has 3 atom stereocenters. The van der Waals surface area contributed by atoms with Crippen LogP contribution in [-0.2, 0) is 25.7 Å². The normalized spacial score (nSPS) is 27.2. The molecule has 2 aliphatic heterocycles. The number of aliphatic imine (C=N–C) groups is 1. The van der Waals surface area contributed by atoms with Crippen molar-refractivity contribution in [3.05, 3.63) is 28.0 Å². The largest absolute Gasteiger partial charge is 0.456 e. The Balaban J connectivity index is 1.94. The number of nitrogens with one attached hydrogen (secondary N) is 2. The van der Waals surface area contributed by atoms with E-state index in [-0.39, 0.29) is 31.1 Å². The van der Waals surface area contributed by atoms with E-state index in [9.17, 15) is 18.8 Å². The van der Waals surface area contributed by atoms with Gasteiger partial charge in [-0.1, -0.05) is 13.8 Å². The zero-order valence-electron chi connectivity index (χ0n) is 18.6. The van der Waals surface area contributed by atoms with Crippen LogP contribution in [0.1, 0.15) is 44.3 Å². The molecule has 2 amide bonds. The van der Waals surface area contributed by atoms with E-state index in [1.54, 1.807) is 20.8 Å². The molecule has 0 saturated heterocycles. The number of fused-ring (bicyclic) bond motifs is 4. The minimum atomic E-state index is -1.13. The summed E-state index contributed by atoms with van der Waals surface area (Å²) >= 11 is 6.79. The van der Waals surface area contributed by atoms with Gasteiger partial charge in [-0.25, -0.2) is 14.2 Å². The number of thioether (sulfide) groups is 1. The van der Waals surface area contributed by atoms with Crippen LogP contribution in [0.5, 0.6) is 0 Å². The number of aromatic nitrogens is 1. The highest BCUT2D eigenvalue weighted by atomic mass is 32.2. The van der Waals surface area contributed by atoms with Gasteiger partial charge >= 0.3 is 5.97 Å². The molecule has 0 radical (unpaired) electrons. The third-order valence-electron chi connectivity index (χ3n) is 5.11. The quantitative estimate of drug-likeness (QED) is 0.421. The third-order valence-corrected chi connectivity index (χ3v) is 7.47. The van der Waals surface area contributed by atoms with Crippen LogP contribution in [-0.4, -0.2) is 57.0 Å². The Kier molecular flexibility index (Phi) is 8.57. The van der Waals surface area contributed by atoms with Crippen LogP contribution >= 0.6 is 35.7 Å². The van der Waals surface area contributed by atoms with Gasteiger partial charge in [0.05, 0.1) is 13.0 Å². The summed E-state index contributed by atoms with van der Waals surface area (Å²) in [5.41, 5.74) is -0.423. The lowest BCUT2D eigenvalue weighted by Crippen LogP contribution is -2.53. The highest BCUT2D eigenvalue weighted by molar-refractivity contribution is 8.14. The van der Waals surface area contributed by atoms with Gasteiger partial charge in [-0.05, 0) is 24.7 Å². The molecule has 0 aromatic carbocycles. The first kappa shape index (κ1) is 25.7. The predicted molar refractivity (Wildman–Crippen MR) is 130 cm³/mol. The van der Waals surface area contributed by atoms with E-state index < -0.39 is 41.3 Å². The van der Waals surface area contributed by atoms with E-state index in [1.807, 2.05) is 5.38 Å². The van der Waals surface area contributed by atoms with Crippen molar-refractivity contribution < 1.29 is 23.5 Å². The summed E-state index contributed by atoms with van der Waals surface area (Å²) in [5, 5.41) is 8.62. The van der Waals surface area contributed by atoms with Crippen molar-refractivity contribution in [1.29, 1.82) is 0 Å². The van der Waals surface area contributed by atoms with Crippen LogP contribution in [0, 0.1) is 5.92 Å². The van der Waals surface area contributed by atoms with Crippen LogP contribution in [0.3, 0.4) is 0 Å². The minimum absolute atomic E-state index is 0.0430. The lowest BCUT2D eigenvalue weighted by atomic mass is 10.0. The van der Waals surface area contributed by atoms with Crippen LogP contribution in [0.25, 0.3) is 0 Å². The molecular formula is C21H27FN4O4S3. The molecule has 1 aromatic rings. The SMILES string of the molecule is CC(C)[C@@H]1NC(=O)[C@]2(C)CSC(=N2)c2csc(n2)CNC(=O)C[C@@H](/C=C(\F)CCS)OC1=O. The van der Waals surface area contributed by atoms with Gasteiger partial charge in [-0.15, -0.1) is 23.1 Å². The van der Waals surface area contributed by atoms with Crippen LogP contribution in [0.15, 0.2) is 22.3 Å². The number of esters is 1. The number of allylic oxidation sites excluding steroid dienone is 1. The number of nitrogens with zero attached hydrogens (tertiary/aromatic N) is 2. The molecular weight excluding hydrogens is 487 g/mol. The molecule has 0 unspecified atom stereocenters. The Morgan fingerprint density at radius 1 is 1.42 bits per heavy atom. The summed E-state index contributed by atoms with van der Waals surface area (Å²) in [5.74, 6) is -1.73. The fraction of sp³-hybridized carbons (Fsp3) is 0.571. The van der Waals surface area contributed by atoms with Gasteiger partial charge in [-0.2, -0.15) is 12.6 Å². The first-order chi connectivity index (χ1) is 15.6. The molecule has 33 heavy (non-hydrogen) atoms. The van der Waals surface area contributed by atoms with Crippen molar-refractivity contribution in [2.24, 2.45) is 10.9 Å². The Bertz CT molecular complexity index is 980. The molecule has 1 aromatic heterocycles. The maximum Gasteiger partial charge on any atom is 0.329 e. The Labute approximate surface area is 205 Å². The second kappa shape index (κ2) is 11.0.